The first-order valence-corrected chi connectivity index (χ1v) is 5.70. The summed E-state index contributed by atoms with van der Waals surface area (Å²) >= 11 is 0. The molecule has 0 amide bonds. The van der Waals surface area contributed by atoms with Crippen LogP contribution < -0.4 is 5.32 Å². The molecule has 1 aliphatic carbocycles. The molecule has 0 bridgehead atoms. The molecule has 86 valence electrons. The van der Waals surface area contributed by atoms with E-state index < -0.39 is 12.0 Å². The third-order valence-electron chi connectivity index (χ3n) is 3.27. The van der Waals surface area contributed by atoms with Gasteiger partial charge in [-0.15, -0.1) is 0 Å². The van der Waals surface area contributed by atoms with Crippen LogP contribution in [0.3, 0.4) is 0 Å². The Bertz CT molecular complexity index is 357. The van der Waals surface area contributed by atoms with E-state index >= 15 is 0 Å². The first kappa shape index (κ1) is 11.1. The molecule has 0 spiro atoms. The van der Waals surface area contributed by atoms with Gasteiger partial charge in [-0.2, -0.15) is 0 Å². The van der Waals surface area contributed by atoms with Gasteiger partial charge < -0.3 is 10.4 Å². The number of hydrogen-bond acceptors (Lipinski definition) is 2. The lowest BCUT2D eigenvalue weighted by atomic mass is 9.75. The van der Waals surface area contributed by atoms with Crippen molar-refractivity contribution in [2.24, 2.45) is 0 Å². The second kappa shape index (κ2) is 4.66. The first-order valence-electron chi connectivity index (χ1n) is 5.70. The van der Waals surface area contributed by atoms with Crippen LogP contribution in [-0.4, -0.2) is 23.2 Å². The Morgan fingerprint density at radius 3 is 2.56 bits per heavy atom. The van der Waals surface area contributed by atoms with Crippen LogP contribution in [0.4, 0.5) is 0 Å². The Morgan fingerprint density at radius 1 is 1.38 bits per heavy atom. The van der Waals surface area contributed by atoms with E-state index in [-0.39, 0.29) is 0 Å². The third-order valence-corrected chi connectivity index (χ3v) is 3.27. The summed E-state index contributed by atoms with van der Waals surface area (Å²) in [6.07, 6.45) is 2.09. The van der Waals surface area contributed by atoms with Crippen molar-refractivity contribution in [1.29, 1.82) is 0 Å². The lowest BCUT2D eigenvalue weighted by molar-refractivity contribution is -0.139. The molecule has 16 heavy (non-hydrogen) atoms. The number of carboxylic acid groups (broad SMARTS) is 1. The molecule has 2 rings (SSSR count). The van der Waals surface area contributed by atoms with Crippen LogP contribution in [0.1, 0.15) is 31.2 Å². The van der Waals surface area contributed by atoms with Gasteiger partial charge in [-0.1, -0.05) is 30.3 Å². The first-order chi connectivity index (χ1) is 7.66. The molecule has 0 heterocycles. The largest absolute Gasteiger partial charge is 0.480 e. The number of nitrogens with one attached hydrogen (secondary N) is 1. The maximum Gasteiger partial charge on any atom is 0.320 e. The van der Waals surface area contributed by atoms with E-state index in [0.717, 1.165) is 12.8 Å². The SMILES string of the molecule is CC(NC1CC(c2ccccc2)C1)C(=O)O. The summed E-state index contributed by atoms with van der Waals surface area (Å²) in [6, 6.07) is 10.3. The highest BCUT2D eigenvalue weighted by molar-refractivity contribution is 5.72. The molecule has 3 nitrogen and oxygen atoms in total. The van der Waals surface area contributed by atoms with Crippen molar-refractivity contribution in [2.45, 2.75) is 37.8 Å². The van der Waals surface area contributed by atoms with Crippen LogP contribution in [-0.2, 0) is 4.79 Å². The summed E-state index contributed by atoms with van der Waals surface area (Å²) in [5, 5.41) is 11.9. The van der Waals surface area contributed by atoms with Crippen molar-refractivity contribution in [2.75, 3.05) is 0 Å². The van der Waals surface area contributed by atoms with E-state index in [9.17, 15) is 4.79 Å². The Morgan fingerprint density at radius 2 is 2.00 bits per heavy atom. The highest BCUT2D eigenvalue weighted by Crippen LogP contribution is 2.36. The molecule has 1 aromatic rings. The molecule has 0 aromatic heterocycles. The normalized spacial score (nSPS) is 25.8. The van der Waals surface area contributed by atoms with Crippen LogP contribution in [0.2, 0.25) is 0 Å². The quantitative estimate of drug-likeness (QED) is 0.814. The number of hydrogen-bond donors (Lipinski definition) is 2. The summed E-state index contributed by atoms with van der Waals surface area (Å²) in [4.78, 5) is 10.7. The molecular weight excluding hydrogens is 202 g/mol. The van der Waals surface area contributed by atoms with E-state index in [1.54, 1.807) is 6.92 Å². The van der Waals surface area contributed by atoms with E-state index in [4.69, 9.17) is 5.11 Å². The highest BCUT2D eigenvalue weighted by Gasteiger charge is 2.31. The summed E-state index contributed by atoms with van der Waals surface area (Å²) in [7, 11) is 0. The molecule has 0 saturated heterocycles. The molecule has 0 aliphatic heterocycles. The van der Waals surface area contributed by atoms with Crippen molar-refractivity contribution in [3.63, 3.8) is 0 Å². The Hall–Kier alpha value is -1.35. The van der Waals surface area contributed by atoms with Gasteiger partial charge in [0.15, 0.2) is 0 Å². The van der Waals surface area contributed by atoms with Gasteiger partial charge in [0.05, 0.1) is 0 Å². The van der Waals surface area contributed by atoms with Crippen molar-refractivity contribution >= 4 is 5.97 Å². The van der Waals surface area contributed by atoms with Gasteiger partial charge in [0.2, 0.25) is 0 Å². The van der Waals surface area contributed by atoms with Gasteiger partial charge >= 0.3 is 5.97 Å². The Kier molecular flexibility index (Phi) is 3.25. The average molecular weight is 219 g/mol. The fourth-order valence-electron chi connectivity index (χ4n) is 2.18. The zero-order chi connectivity index (χ0) is 11.5. The van der Waals surface area contributed by atoms with Crippen LogP contribution in [0.15, 0.2) is 30.3 Å². The van der Waals surface area contributed by atoms with E-state index in [0.29, 0.717) is 12.0 Å². The summed E-state index contributed by atoms with van der Waals surface area (Å²) in [5.74, 6) is -0.178. The fraction of sp³-hybridized carbons (Fsp3) is 0.462. The van der Waals surface area contributed by atoms with Gasteiger partial charge in [0.25, 0.3) is 0 Å². The third kappa shape index (κ3) is 2.42. The Labute approximate surface area is 95.5 Å². The summed E-state index contributed by atoms with van der Waals surface area (Å²) in [5.41, 5.74) is 1.36. The minimum absolute atomic E-state index is 0.358. The van der Waals surface area contributed by atoms with Crippen molar-refractivity contribution in [3.05, 3.63) is 35.9 Å². The monoisotopic (exact) mass is 219 g/mol. The van der Waals surface area contributed by atoms with Crippen LogP contribution in [0.5, 0.6) is 0 Å². The predicted molar refractivity (Wildman–Crippen MR) is 62.4 cm³/mol. The molecule has 1 atom stereocenters. The molecular formula is C13H17NO2. The molecule has 1 saturated carbocycles. The molecule has 0 radical (unpaired) electrons. The van der Waals surface area contributed by atoms with Crippen molar-refractivity contribution in [3.8, 4) is 0 Å². The molecule has 2 N–H and O–H groups in total. The second-order valence-corrected chi connectivity index (χ2v) is 4.50. The number of carboxylic acids is 1. The molecule has 3 heteroatoms. The smallest absolute Gasteiger partial charge is 0.320 e. The predicted octanol–water partition coefficient (Wildman–Crippen LogP) is 2.00. The van der Waals surface area contributed by atoms with E-state index in [2.05, 4.69) is 29.6 Å². The number of benzene rings is 1. The van der Waals surface area contributed by atoms with Gasteiger partial charge in [-0.3, -0.25) is 4.79 Å². The molecule has 1 aliphatic rings. The standard InChI is InChI=1S/C13H17NO2/c1-9(13(15)16)14-12-7-11(8-12)10-5-3-2-4-6-10/h2-6,9,11-12,14H,7-8H2,1H3,(H,15,16). The molecule has 1 fully saturated rings. The Balaban J connectivity index is 1.80. The van der Waals surface area contributed by atoms with Crippen molar-refractivity contribution in [1.82, 2.24) is 5.32 Å². The van der Waals surface area contributed by atoms with Crippen LogP contribution in [0.25, 0.3) is 0 Å². The van der Waals surface area contributed by atoms with E-state index in [1.807, 2.05) is 6.07 Å². The van der Waals surface area contributed by atoms with Gasteiger partial charge in [-0.05, 0) is 31.2 Å². The van der Waals surface area contributed by atoms with E-state index in [1.165, 1.54) is 5.56 Å². The maximum absolute atomic E-state index is 10.7. The summed E-state index contributed by atoms with van der Waals surface area (Å²) < 4.78 is 0. The van der Waals surface area contributed by atoms with Crippen LogP contribution in [0, 0.1) is 0 Å². The zero-order valence-corrected chi connectivity index (χ0v) is 9.39. The maximum atomic E-state index is 10.7. The average Bonchev–Trinajstić information content (AvgIpc) is 2.23. The van der Waals surface area contributed by atoms with Crippen LogP contribution >= 0.6 is 0 Å². The number of aliphatic carboxylic acids is 1. The van der Waals surface area contributed by atoms with Gasteiger partial charge in [0.1, 0.15) is 6.04 Å². The van der Waals surface area contributed by atoms with Crippen molar-refractivity contribution < 1.29 is 9.90 Å². The molecule has 1 aromatic carbocycles. The highest BCUT2D eigenvalue weighted by atomic mass is 16.4. The van der Waals surface area contributed by atoms with Gasteiger partial charge in [-0.25, -0.2) is 0 Å². The number of rotatable bonds is 4. The lowest BCUT2D eigenvalue weighted by Gasteiger charge is -2.37. The lowest BCUT2D eigenvalue weighted by Crippen LogP contribution is -2.47. The topological polar surface area (TPSA) is 49.3 Å². The number of carbonyl (C=O) groups is 1. The minimum atomic E-state index is -0.775. The fourth-order valence-corrected chi connectivity index (χ4v) is 2.18. The molecule has 1 unspecified atom stereocenters. The minimum Gasteiger partial charge on any atom is -0.480 e. The van der Waals surface area contributed by atoms with Gasteiger partial charge in [0, 0.05) is 6.04 Å². The second-order valence-electron chi connectivity index (χ2n) is 4.50. The summed E-state index contributed by atoms with van der Waals surface area (Å²) in [6.45, 7) is 1.69. The zero-order valence-electron chi connectivity index (χ0n) is 9.39.